The van der Waals surface area contributed by atoms with Gasteiger partial charge in [-0.1, -0.05) is 30.3 Å². The van der Waals surface area contributed by atoms with Crippen LogP contribution in [0.1, 0.15) is 23.3 Å². The number of nitrogens with zero attached hydrogens (tertiary/aromatic N) is 4. The van der Waals surface area contributed by atoms with E-state index >= 15 is 0 Å². The molecule has 3 heterocycles. The number of alkyl halides is 3. The van der Waals surface area contributed by atoms with E-state index in [1.807, 2.05) is 23.1 Å². The summed E-state index contributed by atoms with van der Waals surface area (Å²) in [6.07, 6.45) is -2.02. The van der Waals surface area contributed by atoms with Gasteiger partial charge in [0.25, 0.3) is 0 Å². The average Bonchev–Trinajstić information content (AvgIpc) is 3.14. The monoisotopic (exact) mass is 450 g/mol. The number of hydrogen-bond donors (Lipinski definition) is 1. The molecule has 166 valence electrons. The molecule has 9 heteroatoms. The van der Waals surface area contributed by atoms with Crippen LogP contribution >= 0.6 is 11.3 Å². The number of fused-ring (bicyclic) bond motifs is 1. The second-order valence-electron chi connectivity index (χ2n) is 7.83. The van der Waals surface area contributed by atoms with Crippen LogP contribution in [0, 0.1) is 0 Å². The Bertz CT molecular complexity index is 987. The lowest BCUT2D eigenvalue weighted by atomic mass is 10.0. The highest BCUT2D eigenvalue weighted by Gasteiger charge is 2.30. The molecule has 1 fully saturated rings. The molecule has 1 aromatic carbocycles. The largest absolute Gasteiger partial charge is 0.395 e. The highest BCUT2D eigenvalue weighted by Crippen LogP contribution is 2.35. The molecule has 0 amide bonds. The van der Waals surface area contributed by atoms with Crippen LogP contribution in [0.25, 0.3) is 10.2 Å². The number of benzene rings is 1. The van der Waals surface area contributed by atoms with Gasteiger partial charge in [-0.25, -0.2) is 9.97 Å². The van der Waals surface area contributed by atoms with E-state index in [4.69, 9.17) is 0 Å². The maximum atomic E-state index is 12.9. The Labute approximate surface area is 183 Å². The highest BCUT2D eigenvalue weighted by molar-refractivity contribution is 7.18. The quantitative estimate of drug-likeness (QED) is 0.583. The minimum absolute atomic E-state index is 0.0464. The molecule has 0 radical (unpaired) electrons. The third kappa shape index (κ3) is 5.53. The first-order valence-corrected chi connectivity index (χ1v) is 11.2. The molecule has 1 aliphatic heterocycles. The van der Waals surface area contributed by atoms with E-state index in [1.165, 1.54) is 11.9 Å². The number of piperidine rings is 1. The van der Waals surface area contributed by atoms with Gasteiger partial charge in [0.05, 0.1) is 18.4 Å². The van der Waals surface area contributed by atoms with Crippen molar-refractivity contribution in [3.63, 3.8) is 0 Å². The summed E-state index contributed by atoms with van der Waals surface area (Å²) in [5, 5.41) is 10.3. The SMILES string of the molecule is OCCN(c1ncnc2sc(CC(F)(F)F)cc12)C1CCN(Cc2ccccc2)CC1. The van der Waals surface area contributed by atoms with Crippen molar-refractivity contribution < 1.29 is 18.3 Å². The molecule has 3 aromatic rings. The summed E-state index contributed by atoms with van der Waals surface area (Å²) in [7, 11) is 0. The maximum Gasteiger partial charge on any atom is 0.393 e. The van der Waals surface area contributed by atoms with Gasteiger partial charge in [0.1, 0.15) is 17.0 Å². The molecule has 1 N–H and O–H groups in total. The fraction of sp³-hybridized carbons (Fsp3) is 0.455. The normalized spacial score (nSPS) is 16.1. The first-order valence-electron chi connectivity index (χ1n) is 10.4. The number of thiophene rings is 1. The van der Waals surface area contributed by atoms with E-state index in [0.29, 0.717) is 22.6 Å². The molecule has 0 atom stereocenters. The lowest BCUT2D eigenvalue weighted by molar-refractivity contribution is -0.126. The number of aromatic nitrogens is 2. The van der Waals surface area contributed by atoms with E-state index in [-0.39, 0.29) is 17.5 Å². The summed E-state index contributed by atoms with van der Waals surface area (Å²) < 4.78 is 38.6. The van der Waals surface area contributed by atoms with Crippen molar-refractivity contribution in [2.24, 2.45) is 0 Å². The van der Waals surface area contributed by atoms with Crippen molar-refractivity contribution in [3.8, 4) is 0 Å². The van der Waals surface area contributed by atoms with Crippen molar-refractivity contribution in [2.45, 2.75) is 38.0 Å². The van der Waals surface area contributed by atoms with Gasteiger partial charge >= 0.3 is 6.18 Å². The van der Waals surface area contributed by atoms with Crippen LogP contribution in [0.15, 0.2) is 42.7 Å². The Hall–Kier alpha value is -2.23. The summed E-state index contributed by atoms with van der Waals surface area (Å²) in [6.45, 7) is 3.07. The van der Waals surface area contributed by atoms with Gasteiger partial charge in [0, 0.05) is 37.1 Å². The first-order chi connectivity index (χ1) is 14.9. The van der Waals surface area contributed by atoms with E-state index < -0.39 is 12.6 Å². The Morgan fingerprint density at radius 3 is 2.55 bits per heavy atom. The summed E-state index contributed by atoms with van der Waals surface area (Å²) in [5.41, 5.74) is 1.28. The predicted octanol–water partition coefficient (Wildman–Crippen LogP) is 4.26. The molecular weight excluding hydrogens is 425 g/mol. The fourth-order valence-corrected chi connectivity index (χ4v) is 5.23. The first kappa shape index (κ1) is 22.0. The van der Waals surface area contributed by atoms with Crippen LogP contribution in [0.4, 0.5) is 19.0 Å². The van der Waals surface area contributed by atoms with Gasteiger partial charge in [-0.2, -0.15) is 13.2 Å². The van der Waals surface area contributed by atoms with Gasteiger partial charge in [-0.05, 0) is 24.5 Å². The maximum absolute atomic E-state index is 12.9. The molecule has 0 bridgehead atoms. The zero-order chi connectivity index (χ0) is 21.8. The number of aliphatic hydroxyl groups excluding tert-OH is 1. The van der Waals surface area contributed by atoms with E-state index in [2.05, 4.69) is 27.0 Å². The fourth-order valence-electron chi connectivity index (χ4n) is 4.21. The minimum atomic E-state index is -4.26. The molecule has 5 nitrogen and oxygen atoms in total. The molecule has 1 saturated heterocycles. The van der Waals surface area contributed by atoms with Gasteiger partial charge in [-0.15, -0.1) is 11.3 Å². The summed E-state index contributed by atoms with van der Waals surface area (Å²) in [4.78, 5) is 13.8. The lowest BCUT2D eigenvalue weighted by Gasteiger charge is -2.39. The molecule has 0 unspecified atom stereocenters. The minimum Gasteiger partial charge on any atom is -0.395 e. The van der Waals surface area contributed by atoms with Crippen LogP contribution < -0.4 is 4.90 Å². The molecule has 2 aromatic heterocycles. The third-order valence-electron chi connectivity index (χ3n) is 5.59. The van der Waals surface area contributed by atoms with E-state index in [0.717, 1.165) is 43.8 Å². The van der Waals surface area contributed by atoms with Gasteiger partial charge in [0.2, 0.25) is 0 Å². The van der Waals surface area contributed by atoms with Crippen LogP contribution in [0.5, 0.6) is 0 Å². The number of rotatable bonds is 7. The zero-order valence-corrected chi connectivity index (χ0v) is 17.9. The van der Waals surface area contributed by atoms with E-state index in [9.17, 15) is 18.3 Å². The van der Waals surface area contributed by atoms with Crippen LogP contribution in [-0.4, -0.2) is 58.4 Å². The molecule has 31 heavy (non-hydrogen) atoms. The van der Waals surface area contributed by atoms with Crippen molar-refractivity contribution >= 4 is 27.4 Å². The summed E-state index contributed by atoms with van der Waals surface area (Å²) in [6, 6.07) is 12.1. The van der Waals surface area contributed by atoms with Crippen LogP contribution in [-0.2, 0) is 13.0 Å². The second kappa shape index (κ2) is 9.50. The number of anilines is 1. The molecular formula is C22H25F3N4OS. The Balaban J connectivity index is 1.51. The second-order valence-corrected chi connectivity index (χ2v) is 8.95. The average molecular weight is 451 g/mol. The molecule has 1 aliphatic rings. The smallest absolute Gasteiger partial charge is 0.393 e. The lowest BCUT2D eigenvalue weighted by Crippen LogP contribution is -2.46. The van der Waals surface area contributed by atoms with E-state index in [1.54, 1.807) is 6.07 Å². The van der Waals surface area contributed by atoms with Crippen LogP contribution in [0.3, 0.4) is 0 Å². The number of hydrogen-bond acceptors (Lipinski definition) is 6. The summed E-state index contributed by atoms with van der Waals surface area (Å²) in [5.74, 6) is 0.616. The third-order valence-corrected chi connectivity index (χ3v) is 6.64. The zero-order valence-electron chi connectivity index (χ0n) is 17.1. The molecule has 0 saturated carbocycles. The number of likely N-dealkylation sites (tertiary alicyclic amines) is 1. The molecule has 4 rings (SSSR count). The van der Waals surface area contributed by atoms with Gasteiger partial charge in [-0.3, -0.25) is 4.90 Å². The predicted molar refractivity (Wildman–Crippen MR) is 116 cm³/mol. The molecule has 0 spiro atoms. The topological polar surface area (TPSA) is 52.5 Å². The number of aliphatic hydroxyl groups is 1. The van der Waals surface area contributed by atoms with Crippen molar-refractivity contribution in [3.05, 3.63) is 53.2 Å². The van der Waals surface area contributed by atoms with Crippen LogP contribution in [0.2, 0.25) is 0 Å². The summed E-state index contributed by atoms with van der Waals surface area (Å²) >= 11 is 1.05. The Morgan fingerprint density at radius 2 is 1.87 bits per heavy atom. The molecule has 0 aliphatic carbocycles. The Kier molecular flexibility index (Phi) is 6.74. The number of halogens is 3. The van der Waals surface area contributed by atoms with Crippen molar-refractivity contribution in [1.82, 2.24) is 14.9 Å². The van der Waals surface area contributed by atoms with Gasteiger partial charge in [0.15, 0.2) is 0 Å². The van der Waals surface area contributed by atoms with Crippen molar-refractivity contribution in [2.75, 3.05) is 31.1 Å². The van der Waals surface area contributed by atoms with Gasteiger partial charge < -0.3 is 10.0 Å². The Morgan fingerprint density at radius 1 is 1.13 bits per heavy atom. The highest BCUT2D eigenvalue weighted by atomic mass is 32.1. The van der Waals surface area contributed by atoms with Crippen molar-refractivity contribution in [1.29, 1.82) is 0 Å². The standard InChI is InChI=1S/C22H25F3N4OS/c23-22(24,25)13-18-12-19-20(26-15-27-21(19)31-18)29(10-11-30)17-6-8-28(9-7-17)14-16-4-2-1-3-5-16/h1-5,12,15,17,30H,6-11,13-14H2.